The fraction of sp³-hybridized carbons (Fsp3) is 0.545. The highest BCUT2D eigenvalue weighted by molar-refractivity contribution is 5.61. The zero-order valence-electron chi connectivity index (χ0n) is 10.4. The van der Waals surface area contributed by atoms with Crippen molar-refractivity contribution in [1.29, 1.82) is 0 Å². The Hall–Kier alpha value is -1.69. The molecule has 0 spiro atoms. The van der Waals surface area contributed by atoms with Crippen LogP contribution in [0.2, 0.25) is 0 Å². The number of hydrogen-bond donors (Lipinski definition) is 2. The third-order valence-electron chi connectivity index (χ3n) is 2.47. The van der Waals surface area contributed by atoms with Gasteiger partial charge in [0.05, 0.1) is 0 Å². The van der Waals surface area contributed by atoms with Crippen LogP contribution in [0.25, 0.3) is 5.65 Å². The summed E-state index contributed by atoms with van der Waals surface area (Å²) >= 11 is 0. The van der Waals surface area contributed by atoms with E-state index in [4.69, 9.17) is 0 Å². The van der Waals surface area contributed by atoms with Crippen molar-refractivity contribution in [3.05, 3.63) is 18.2 Å². The summed E-state index contributed by atoms with van der Waals surface area (Å²) in [5, 5.41) is 14.7. The van der Waals surface area contributed by atoms with Gasteiger partial charge in [0, 0.05) is 31.5 Å². The predicted octanol–water partition coefficient (Wildman–Crippen LogP) is 0.843. The fourth-order valence-corrected chi connectivity index (χ4v) is 1.61. The van der Waals surface area contributed by atoms with E-state index in [1.807, 2.05) is 17.5 Å². The molecule has 0 unspecified atom stereocenters. The number of fused-ring (bicyclic) bond motifs is 1. The topological polar surface area (TPSA) is 67.1 Å². The summed E-state index contributed by atoms with van der Waals surface area (Å²) in [5.41, 5.74) is 0.773. The molecular formula is C11H18N6. The van der Waals surface area contributed by atoms with E-state index in [-0.39, 0.29) is 0 Å². The Labute approximate surface area is 100 Å². The van der Waals surface area contributed by atoms with Gasteiger partial charge in [-0.15, -0.1) is 10.2 Å². The number of aromatic nitrogens is 4. The minimum atomic E-state index is 0.496. The maximum Gasteiger partial charge on any atom is 0.203 e. The molecule has 0 fully saturated rings. The SMILES string of the molecule is Cc1nnc2c(NCCNC(C)C)nccn12. The second-order valence-electron chi connectivity index (χ2n) is 4.25. The van der Waals surface area contributed by atoms with E-state index in [2.05, 4.69) is 39.7 Å². The quantitative estimate of drug-likeness (QED) is 0.750. The third-order valence-corrected chi connectivity index (χ3v) is 2.47. The van der Waals surface area contributed by atoms with Gasteiger partial charge >= 0.3 is 0 Å². The van der Waals surface area contributed by atoms with E-state index in [1.165, 1.54) is 0 Å². The van der Waals surface area contributed by atoms with Crippen LogP contribution in [0.3, 0.4) is 0 Å². The molecule has 0 aliphatic carbocycles. The van der Waals surface area contributed by atoms with Gasteiger partial charge in [-0.2, -0.15) is 0 Å². The normalized spacial score (nSPS) is 11.3. The molecule has 0 bridgehead atoms. The van der Waals surface area contributed by atoms with Crippen LogP contribution in [0.15, 0.2) is 12.4 Å². The summed E-state index contributed by atoms with van der Waals surface area (Å²) in [7, 11) is 0. The molecule has 2 rings (SSSR count). The van der Waals surface area contributed by atoms with Gasteiger partial charge in [0.1, 0.15) is 5.82 Å². The van der Waals surface area contributed by atoms with E-state index in [9.17, 15) is 0 Å². The van der Waals surface area contributed by atoms with Crippen LogP contribution in [-0.4, -0.2) is 38.7 Å². The molecule has 0 aliphatic rings. The van der Waals surface area contributed by atoms with Crippen molar-refractivity contribution in [1.82, 2.24) is 24.9 Å². The van der Waals surface area contributed by atoms with Crippen LogP contribution in [0.1, 0.15) is 19.7 Å². The van der Waals surface area contributed by atoms with E-state index in [1.54, 1.807) is 6.20 Å². The lowest BCUT2D eigenvalue weighted by molar-refractivity contribution is 0.602. The number of aryl methyl sites for hydroxylation is 1. The van der Waals surface area contributed by atoms with Crippen molar-refractivity contribution >= 4 is 11.5 Å². The maximum atomic E-state index is 4.27. The van der Waals surface area contributed by atoms with Crippen molar-refractivity contribution in [2.75, 3.05) is 18.4 Å². The van der Waals surface area contributed by atoms with E-state index in [0.29, 0.717) is 6.04 Å². The van der Waals surface area contributed by atoms with Crippen molar-refractivity contribution in [3.8, 4) is 0 Å². The largest absolute Gasteiger partial charge is 0.366 e. The van der Waals surface area contributed by atoms with Crippen LogP contribution < -0.4 is 10.6 Å². The van der Waals surface area contributed by atoms with Gasteiger partial charge in [0.25, 0.3) is 0 Å². The molecule has 17 heavy (non-hydrogen) atoms. The minimum Gasteiger partial charge on any atom is -0.366 e. The Balaban J connectivity index is 2.03. The highest BCUT2D eigenvalue weighted by Crippen LogP contribution is 2.10. The first-order valence-corrected chi connectivity index (χ1v) is 5.82. The van der Waals surface area contributed by atoms with Gasteiger partial charge in [-0.25, -0.2) is 4.98 Å². The molecule has 6 nitrogen and oxygen atoms in total. The number of anilines is 1. The molecular weight excluding hydrogens is 216 g/mol. The Morgan fingerprint density at radius 1 is 1.29 bits per heavy atom. The summed E-state index contributed by atoms with van der Waals surface area (Å²) < 4.78 is 1.92. The molecule has 0 aliphatic heterocycles. The molecule has 0 amide bonds. The first-order valence-electron chi connectivity index (χ1n) is 5.82. The number of hydrogen-bond acceptors (Lipinski definition) is 5. The Morgan fingerprint density at radius 3 is 2.88 bits per heavy atom. The lowest BCUT2D eigenvalue weighted by Crippen LogP contribution is -2.28. The molecule has 92 valence electrons. The average Bonchev–Trinajstić information content (AvgIpc) is 2.67. The smallest absolute Gasteiger partial charge is 0.203 e. The van der Waals surface area contributed by atoms with Gasteiger partial charge < -0.3 is 10.6 Å². The maximum absolute atomic E-state index is 4.27. The minimum absolute atomic E-state index is 0.496. The molecule has 0 radical (unpaired) electrons. The van der Waals surface area contributed by atoms with Crippen LogP contribution in [0, 0.1) is 6.92 Å². The van der Waals surface area contributed by atoms with Crippen molar-refractivity contribution in [2.45, 2.75) is 26.8 Å². The molecule has 0 saturated heterocycles. The molecule has 2 heterocycles. The molecule has 2 aromatic rings. The number of nitrogens with one attached hydrogen (secondary N) is 2. The van der Waals surface area contributed by atoms with Gasteiger partial charge in [0.2, 0.25) is 5.65 Å². The van der Waals surface area contributed by atoms with Gasteiger partial charge in [0.15, 0.2) is 5.82 Å². The summed E-state index contributed by atoms with van der Waals surface area (Å²) in [4.78, 5) is 4.27. The summed E-state index contributed by atoms with van der Waals surface area (Å²) in [6, 6.07) is 0.496. The number of nitrogens with zero attached hydrogens (tertiary/aromatic N) is 4. The molecule has 0 atom stereocenters. The zero-order valence-corrected chi connectivity index (χ0v) is 10.4. The first kappa shape index (κ1) is 11.8. The van der Waals surface area contributed by atoms with E-state index < -0.39 is 0 Å². The first-order chi connectivity index (χ1) is 8.18. The highest BCUT2D eigenvalue weighted by atomic mass is 15.3. The standard InChI is InChI=1S/C11H18N6/c1-8(2)12-4-5-13-10-11-16-15-9(3)17(11)7-6-14-10/h6-8,12H,4-5H2,1-3H3,(H,13,14). The zero-order chi connectivity index (χ0) is 12.3. The molecule has 2 N–H and O–H groups in total. The molecule has 0 saturated carbocycles. The van der Waals surface area contributed by atoms with Crippen molar-refractivity contribution < 1.29 is 0 Å². The fourth-order valence-electron chi connectivity index (χ4n) is 1.61. The molecule has 2 aromatic heterocycles. The summed E-state index contributed by atoms with van der Waals surface area (Å²) in [5.74, 6) is 1.64. The summed E-state index contributed by atoms with van der Waals surface area (Å²) in [6.45, 7) is 7.89. The molecule has 6 heteroatoms. The van der Waals surface area contributed by atoms with E-state index >= 15 is 0 Å². The van der Waals surface area contributed by atoms with Crippen LogP contribution in [0.4, 0.5) is 5.82 Å². The van der Waals surface area contributed by atoms with Crippen LogP contribution >= 0.6 is 0 Å². The monoisotopic (exact) mass is 234 g/mol. The summed E-state index contributed by atoms with van der Waals surface area (Å²) in [6.07, 6.45) is 3.61. The van der Waals surface area contributed by atoms with Crippen LogP contribution in [0.5, 0.6) is 0 Å². The lowest BCUT2D eigenvalue weighted by atomic mass is 10.4. The molecule has 0 aromatic carbocycles. The Bertz CT molecular complexity index is 490. The van der Waals surface area contributed by atoms with Crippen molar-refractivity contribution in [3.63, 3.8) is 0 Å². The highest BCUT2D eigenvalue weighted by Gasteiger charge is 2.06. The second kappa shape index (κ2) is 5.09. The lowest BCUT2D eigenvalue weighted by Gasteiger charge is -2.09. The van der Waals surface area contributed by atoms with Gasteiger partial charge in [-0.05, 0) is 6.92 Å². The third kappa shape index (κ3) is 2.71. The van der Waals surface area contributed by atoms with Crippen LogP contribution in [-0.2, 0) is 0 Å². The van der Waals surface area contributed by atoms with Crippen molar-refractivity contribution in [2.24, 2.45) is 0 Å². The number of rotatable bonds is 5. The Morgan fingerprint density at radius 2 is 2.12 bits per heavy atom. The van der Waals surface area contributed by atoms with Gasteiger partial charge in [-0.3, -0.25) is 4.40 Å². The predicted molar refractivity (Wildman–Crippen MR) is 67.1 cm³/mol. The Kier molecular flexibility index (Phi) is 3.53. The van der Waals surface area contributed by atoms with Gasteiger partial charge in [-0.1, -0.05) is 13.8 Å². The average molecular weight is 234 g/mol. The second-order valence-corrected chi connectivity index (χ2v) is 4.25. The van der Waals surface area contributed by atoms with E-state index in [0.717, 1.165) is 30.4 Å².